The van der Waals surface area contributed by atoms with Gasteiger partial charge in [-0.15, -0.1) is 0 Å². The molecule has 0 amide bonds. The second kappa shape index (κ2) is 3.06. The van der Waals surface area contributed by atoms with E-state index in [1.54, 1.807) is 0 Å². The zero-order valence-corrected chi connectivity index (χ0v) is 5.01. The Morgan fingerprint density at radius 1 is 1.60 bits per heavy atom. The van der Waals surface area contributed by atoms with Crippen molar-refractivity contribution >= 4 is 6.08 Å². The van der Waals surface area contributed by atoms with Gasteiger partial charge < -0.3 is 0 Å². The molecule has 1 aromatic rings. The number of aromatic nitrogens is 1. The molecule has 0 saturated heterocycles. The van der Waals surface area contributed by atoms with Gasteiger partial charge >= 0.3 is 0 Å². The number of hydrogen-bond acceptors (Lipinski definition) is 1. The minimum absolute atomic E-state index is 0.343. The SMILES string of the molecule is FC(F)=Cc1[c]cncc1. The van der Waals surface area contributed by atoms with Gasteiger partial charge in [-0.3, -0.25) is 4.98 Å². The summed E-state index contributed by atoms with van der Waals surface area (Å²) >= 11 is 0. The molecule has 1 aromatic heterocycles. The first kappa shape index (κ1) is 6.86. The lowest BCUT2D eigenvalue weighted by Crippen LogP contribution is -1.73. The quantitative estimate of drug-likeness (QED) is 0.582. The first-order valence-electron chi connectivity index (χ1n) is 2.63. The Kier molecular flexibility index (Phi) is 2.10. The van der Waals surface area contributed by atoms with E-state index >= 15 is 0 Å². The van der Waals surface area contributed by atoms with Crippen molar-refractivity contribution in [1.29, 1.82) is 0 Å². The first-order chi connectivity index (χ1) is 4.79. The maximum Gasteiger partial charge on any atom is 0.270 e. The molecule has 10 heavy (non-hydrogen) atoms. The van der Waals surface area contributed by atoms with Crippen molar-refractivity contribution in [2.75, 3.05) is 0 Å². The lowest BCUT2D eigenvalue weighted by Gasteiger charge is -1.86. The Hall–Kier alpha value is -1.25. The van der Waals surface area contributed by atoms with Crippen LogP contribution in [0.15, 0.2) is 24.5 Å². The van der Waals surface area contributed by atoms with Crippen LogP contribution < -0.4 is 0 Å². The maximum atomic E-state index is 11.5. The highest BCUT2D eigenvalue weighted by Gasteiger charge is 1.89. The number of pyridine rings is 1. The van der Waals surface area contributed by atoms with Crippen LogP contribution in [0.1, 0.15) is 5.56 Å². The largest absolute Gasteiger partial charge is 0.270 e. The van der Waals surface area contributed by atoms with Gasteiger partial charge in [-0.1, -0.05) is 0 Å². The summed E-state index contributed by atoms with van der Waals surface area (Å²) in [6, 6.07) is 3.99. The van der Waals surface area contributed by atoms with Crippen LogP contribution in [-0.2, 0) is 0 Å². The third kappa shape index (κ3) is 1.93. The van der Waals surface area contributed by atoms with Gasteiger partial charge in [0.05, 0.1) is 0 Å². The van der Waals surface area contributed by atoms with E-state index in [4.69, 9.17) is 0 Å². The fourth-order valence-electron chi connectivity index (χ4n) is 0.534. The van der Waals surface area contributed by atoms with E-state index in [1.807, 2.05) is 0 Å². The molecule has 0 aliphatic heterocycles. The Labute approximate surface area is 57.0 Å². The number of halogens is 2. The number of hydrogen-bond donors (Lipinski definition) is 0. The highest BCUT2D eigenvalue weighted by Crippen LogP contribution is 2.05. The highest BCUT2D eigenvalue weighted by molar-refractivity contribution is 5.47. The van der Waals surface area contributed by atoms with Gasteiger partial charge in [-0.2, -0.15) is 8.78 Å². The maximum absolute atomic E-state index is 11.5. The lowest BCUT2D eigenvalue weighted by atomic mass is 10.3. The standard InChI is InChI=1S/C7H4F2N/c8-7(9)5-6-1-3-10-4-2-6/h1,3-5H. The van der Waals surface area contributed by atoms with E-state index in [2.05, 4.69) is 11.1 Å². The van der Waals surface area contributed by atoms with Crippen molar-refractivity contribution < 1.29 is 8.78 Å². The molecule has 0 aliphatic rings. The molecule has 1 rings (SSSR count). The van der Waals surface area contributed by atoms with Crippen LogP contribution in [0.25, 0.3) is 6.08 Å². The molecule has 0 bridgehead atoms. The molecule has 0 atom stereocenters. The molecule has 0 aromatic carbocycles. The summed E-state index contributed by atoms with van der Waals surface area (Å²) < 4.78 is 23.1. The van der Waals surface area contributed by atoms with Crippen LogP contribution in [0.5, 0.6) is 0 Å². The Morgan fingerprint density at radius 3 is 2.90 bits per heavy atom. The van der Waals surface area contributed by atoms with Gasteiger partial charge in [-0.25, -0.2) is 0 Å². The molecule has 0 aliphatic carbocycles. The van der Waals surface area contributed by atoms with Crippen molar-refractivity contribution in [3.63, 3.8) is 0 Å². The molecule has 0 N–H and O–H groups in total. The third-order valence-corrected chi connectivity index (χ3v) is 0.911. The monoisotopic (exact) mass is 140 g/mol. The van der Waals surface area contributed by atoms with Crippen molar-refractivity contribution in [3.05, 3.63) is 36.2 Å². The molecular weight excluding hydrogens is 136 g/mol. The van der Waals surface area contributed by atoms with Gasteiger partial charge in [0.2, 0.25) is 0 Å². The molecule has 0 spiro atoms. The number of nitrogens with zero attached hydrogens (tertiary/aromatic N) is 1. The zero-order chi connectivity index (χ0) is 7.40. The van der Waals surface area contributed by atoms with E-state index in [9.17, 15) is 8.78 Å². The first-order valence-corrected chi connectivity index (χ1v) is 2.63. The van der Waals surface area contributed by atoms with E-state index < -0.39 is 6.08 Å². The highest BCUT2D eigenvalue weighted by atomic mass is 19.3. The van der Waals surface area contributed by atoms with Crippen LogP contribution in [0, 0.1) is 6.07 Å². The average molecular weight is 140 g/mol. The predicted molar refractivity (Wildman–Crippen MR) is 33.3 cm³/mol. The van der Waals surface area contributed by atoms with Gasteiger partial charge in [0.25, 0.3) is 6.08 Å². The fourth-order valence-corrected chi connectivity index (χ4v) is 0.534. The third-order valence-electron chi connectivity index (χ3n) is 0.911. The van der Waals surface area contributed by atoms with Gasteiger partial charge in [0.1, 0.15) is 0 Å². The molecule has 1 radical (unpaired) electrons. The second-order valence-electron chi connectivity index (χ2n) is 1.63. The van der Waals surface area contributed by atoms with Crippen molar-refractivity contribution in [3.8, 4) is 0 Å². The van der Waals surface area contributed by atoms with Crippen LogP contribution in [0.2, 0.25) is 0 Å². The van der Waals surface area contributed by atoms with Crippen LogP contribution in [0.3, 0.4) is 0 Å². The molecule has 0 saturated carbocycles. The lowest BCUT2D eigenvalue weighted by molar-refractivity contribution is 0.429. The minimum atomic E-state index is -1.72. The topological polar surface area (TPSA) is 12.9 Å². The molecule has 0 unspecified atom stereocenters. The molecule has 3 heteroatoms. The van der Waals surface area contributed by atoms with Crippen LogP contribution >= 0.6 is 0 Å². The van der Waals surface area contributed by atoms with E-state index in [1.165, 1.54) is 18.5 Å². The summed E-state index contributed by atoms with van der Waals surface area (Å²) in [5, 5.41) is 0. The molecular formula is C7H4F2N. The Balaban J connectivity index is 2.87. The fraction of sp³-hybridized carbons (Fsp3) is 0. The van der Waals surface area contributed by atoms with Gasteiger partial charge in [-0.05, 0) is 11.6 Å². The summed E-state index contributed by atoms with van der Waals surface area (Å²) in [6.45, 7) is 0. The van der Waals surface area contributed by atoms with E-state index in [0.717, 1.165) is 6.08 Å². The Bertz CT molecular complexity index is 227. The molecule has 1 heterocycles. The summed E-state index contributed by atoms with van der Waals surface area (Å²) in [7, 11) is 0. The summed E-state index contributed by atoms with van der Waals surface area (Å²) in [4.78, 5) is 3.62. The van der Waals surface area contributed by atoms with Crippen molar-refractivity contribution in [1.82, 2.24) is 4.98 Å². The predicted octanol–water partition coefficient (Wildman–Crippen LogP) is 2.12. The van der Waals surface area contributed by atoms with Gasteiger partial charge in [0, 0.05) is 24.5 Å². The second-order valence-corrected chi connectivity index (χ2v) is 1.63. The number of rotatable bonds is 1. The minimum Gasteiger partial charge on any atom is -0.264 e. The molecule has 0 fully saturated rings. The molecule has 51 valence electrons. The normalized spacial score (nSPS) is 9.00. The van der Waals surface area contributed by atoms with Crippen LogP contribution in [-0.4, -0.2) is 4.98 Å². The zero-order valence-electron chi connectivity index (χ0n) is 5.01. The average Bonchev–Trinajstić information content (AvgIpc) is 1.88. The van der Waals surface area contributed by atoms with Crippen LogP contribution in [0.4, 0.5) is 8.78 Å². The summed E-state index contributed by atoms with van der Waals surface area (Å²) in [5.41, 5.74) is 0.343. The summed E-state index contributed by atoms with van der Waals surface area (Å²) in [6.07, 6.45) is 1.80. The van der Waals surface area contributed by atoms with Gasteiger partial charge in [0.15, 0.2) is 0 Å². The summed E-state index contributed by atoms with van der Waals surface area (Å²) in [5.74, 6) is 0. The smallest absolute Gasteiger partial charge is 0.264 e. The Morgan fingerprint density at radius 2 is 2.40 bits per heavy atom. The van der Waals surface area contributed by atoms with E-state index in [-0.39, 0.29) is 0 Å². The van der Waals surface area contributed by atoms with Crippen molar-refractivity contribution in [2.45, 2.75) is 0 Å². The van der Waals surface area contributed by atoms with E-state index in [0.29, 0.717) is 5.56 Å². The van der Waals surface area contributed by atoms with Crippen molar-refractivity contribution in [2.24, 2.45) is 0 Å². The molecule has 1 nitrogen and oxygen atoms in total.